The minimum atomic E-state index is -4.74. The Morgan fingerprint density at radius 1 is 0.974 bits per heavy atom. The molecule has 2 aromatic carbocycles. The van der Waals surface area contributed by atoms with E-state index in [9.17, 15) is 22.4 Å². The Kier molecular flexibility index (Phi) is 6.63. The fourth-order valence-corrected chi connectivity index (χ4v) is 4.29. The monoisotopic (exact) mass is 556 g/mol. The van der Waals surface area contributed by atoms with E-state index in [4.69, 9.17) is 11.6 Å². The van der Waals surface area contributed by atoms with Crippen molar-refractivity contribution in [2.75, 3.05) is 5.32 Å². The van der Waals surface area contributed by atoms with Gasteiger partial charge in [0.1, 0.15) is 5.82 Å². The van der Waals surface area contributed by atoms with Crippen molar-refractivity contribution in [1.82, 2.24) is 24.4 Å². The predicted octanol–water partition coefficient (Wildman–Crippen LogP) is 6.63. The lowest BCUT2D eigenvalue weighted by Crippen LogP contribution is -2.16. The largest absolute Gasteiger partial charge is 0.433 e. The van der Waals surface area contributed by atoms with Crippen molar-refractivity contribution in [3.63, 3.8) is 0 Å². The van der Waals surface area contributed by atoms with Crippen molar-refractivity contribution in [2.24, 2.45) is 0 Å². The van der Waals surface area contributed by atoms with E-state index < -0.39 is 23.6 Å². The van der Waals surface area contributed by atoms with Crippen LogP contribution in [0.25, 0.3) is 16.9 Å². The van der Waals surface area contributed by atoms with Gasteiger partial charge in [-0.05, 0) is 61.7 Å². The molecule has 0 bridgehead atoms. The quantitative estimate of drug-likeness (QED) is 0.247. The number of aryl methyl sites for hydroxylation is 3. The normalized spacial score (nSPS) is 11.8. The first-order valence-electron chi connectivity index (χ1n) is 11.7. The van der Waals surface area contributed by atoms with Crippen molar-refractivity contribution < 1.29 is 22.4 Å². The maximum atomic E-state index is 14.0. The zero-order chi connectivity index (χ0) is 28.1. The fourth-order valence-electron chi connectivity index (χ4n) is 4.06. The zero-order valence-corrected chi connectivity index (χ0v) is 21.7. The second-order valence-electron chi connectivity index (χ2n) is 9.14. The van der Waals surface area contributed by atoms with E-state index in [1.807, 2.05) is 19.9 Å². The third-order valence-corrected chi connectivity index (χ3v) is 6.66. The van der Waals surface area contributed by atoms with Crippen LogP contribution in [0.15, 0.2) is 54.6 Å². The molecule has 0 radical (unpaired) electrons. The van der Waals surface area contributed by atoms with Gasteiger partial charge in [0.15, 0.2) is 22.9 Å². The summed E-state index contributed by atoms with van der Waals surface area (Å²) < 4.78 is 57.4. The number of anilines is 1. The van der Waals surface area contributed by atoms with Gasteiger partial charge in [-0.2, -0.15) is 23.4 Å². The van der Waals surface area contributed by atoms with E-state index in [0.717, 1.165) is 17.2 Å². The van der Waals surface area contributed by atoms with Crippen LogP contribution >= 0.6 is 11.6 Å². The van der Waals surface area contributed by atoms with Crippen LogP contribution < -0.4 is 5.32 Å². The highest BCUT2D eigenvalue weighted by atomic mass is 35.5. The molecule has 0 saturated carbocycles. The van der Waals surface area contributed by atoms with Crippen LogP contribution in [0.2, 0.25) is 5.02 Å². The molecule has 39 heavy (non-hydrogen) atoms. The summed E-state index contributed by atoms with van der Waals surface area (Å²) in [5.41, 5.74) is 2.36. The topological polar surface area (TPSA) is 77.1 Å². The molecular weight excluding hydrogens is 536 g/mol. The first kappa shape index (κ1) is 26.4. The number of hydrogen-bond donors (Lipinski definition) is 1. The van der Waals surface area contributed by atoms with Gasteiger partial charge in [-0.25, -0.2) is 13.9 Å². The summed E-state index contributed by atoms with van der Waals surface area (Å²) in [5.74, 6) is -1.07. The Hall–Kier alpha value is -4.25. The van der Waals surface area contributed by atoms with Crippen LogP contribution in [-0.4, -0.2) is 30.3 Å². The van der Waals surface area contributed by atoms with Gasteiger partial charge < -0.3 is 5.32 Å². The van der Waals surface area contributed by atoms with Crippen molar-refractivity contribution in [2.45, 2.75) is 33.5 Å². The van der Waals surface area contributed by atoms with E-state index in [1.165, 1.54) is 24.3 Å². The maximum absolute atomic E-state index is 14.0. The molecule has 5 aromatic rings. The summed E-state index contributed by atoms with van der Waals surface area (Å²) in [4.78, 5) is 17.3. The number of hydrogen-bond acceptors (Lipinski definition) is 4. The van der Waals surface area contributed by atoms with Gasteiger partial charge in [0.2, 0.25) is 0 Å². The number of amides is 1. The summed E-state index contributed by atoms with van der Waals surface area (Å²) >= 11 is 6.10. The summed E-state index contributed by atoms with van der Waals surface area (Å²) in [6, 6.07) is 13.0. The molecule has 0 spiro atoms. The average Bonchev–Trinajstić information content (AvgIpc) is 3.44. The summed E-state index contributed by atoms with van der Waals surface area (Å²) in [6.45, 7) is 5.73. The van der Waals surface area contributed by atoms with E-state index >= 15 is 0 Å². The number of alkyl halides is 3. The smallest absolute Gasteiger partial charge is 0.304 e. The molecule has 1 amide bonds. The molecule has 3 heterocycles. The third kappa shape index (κ3) is 5.35. The Morgan fingerprint density at radius 3 is 2.44 bits per heavy atom. The molecule has 0 fully saturated rings. The minimum absolute atomic E-state index is 0.110. The third-order valence-electron chi connectivity index (χ3n) is 6.31. The molecule has 0 atom stereocenters. The molecule has 3 aromatic heterocycles. The van der Waals surface area contributed by atoms with Crippen LogP contribution in [0.4, 0.5) is 23.4 Å². The van der Waals surface area contributed by atoms with Crippen molar-refractivity contribution in [3.8, 4) is 11.3 Å². The Bertz CT molecular complexity index is 1740. The van der Waals surface area contributed by atoms with Crippen molar-refractivity contribution in [1.29, 1.82) is 0 Å². The fraction of sp³-hybridized carbons (Fsp3) is 0.185. The van der Waals surface area contributed by atoms with E-state index in [-0.39, 0.29) is 34.4 Å². The summed E-state index contributed by atoms with van der Waals surface area (Å²) in [6.07, 6.45) is -4.74. The Morgan fingerprint density at radius 2 is 1.74 bits per heavy atom. The molecule has 0 aliphatic carbocycles. The number of benzene rings is 2. The lowest BCUT2D eigenvalue weighted by Gasteiger charge is -2.11. The van der Waals surface area contributed by atoms with E-state index in [1.54, 1.807) is 29.8 Å². The molecule has 0 aliphatic heterocycles. The Balaban J connectivity index is 1.45. The minimum Gasteiger partial charge on any atom is -0.304 e. The molecule has 0 unspecified atom stereocenters. The number of nitrogens with one attached hydrogen (secondary N) is 1. The first-order chi connectivity index (χ1) is 18.4. The van der Waals surface area contributed by atoms with Gasteiger partial charge >= 0.3 is 6.18 Å². The van der Waals surface area contributed by atoms with Crippen LogP contribution in [0, 0.1) is 26.6 Å². The van der Waals surface area contributed by atoms with Crippen LogP contribution in [-0.2, 0) is 12.7 Å². The lowest BCUT2D eigenvalue weighted by atomic mass is 10.0. The van der Waals surface area contributed by atoms with Gasteiger partial charge in [-0.3, -0.25) is 9.48 Å². The van der Waals surface area contributed by atoms with Crippen LogP contribution in [0.3, 0.4) is 0 Å². The highest BCUT2D eigenvalue weighted by molar-refractivity contribution is 6.31. The van der Waals surface area contributed by atoms with Crippen molar-refractivity contribution in [3.05, 3.63) is 99.2 Å². The van der Waals surface area contributed by atoms with Gasteiger partial charge in [0.25, 0.3) is 5.91 Å². The molecule has 5 rings (SSSR count). The number of aromatic nitrogens is 5. The van der Waals surface area contributed by atoms with E-state index in [0.29, 0.717) is 21.3 Å². The molecular formula is C27H21ClF4N6O. The lowest BCUT2D eigenvalue weighted by molar-refractivity contribution is -0.142. The molecule has 12 heteroatoms. The molecule has 1 N–H and O–H groups in total. The number of carbonyl (C=O) groups excluding carboxylic acids is 1. The van der Waals surface area contributed by atoms with Gasteiger partial charge in [-0.1, -0.05) is 29.8 Å². The number of rotatable bonds is 5. The maximum Gasteiger partial charge on any atom is 0.433 e. The van der Waals surface area contributed by atoms with E-state index in [2.05, 4.69) is 20.5 Å². The molecule has 0 aliphatic rings. The highest BCUT2D eigenvalue weighted by Crippen LogP contribution is 2.33. The summed E-state index contributed by atoms with van der Waals surface area (Å²) in [5, 5.41) is 11.0. The van der Waals surface area contributed by atoms with Gasteiger partial charge in [0.05, 0.1) is 12.2 Å². The Labute approximate surface area is 225 Å². The van der Waals surface area contributed by atoms with Crippen LogP contribution in [0.1, 0.15) is 38.6 Å². The number of nitrogens with zero attached hydrogens (tertiary/aromatic N) is 5. The standard InChI is InChI=1S/C27H21ClF4N6O/c1-14-4-5-17(8-15(14)2)21-11-23(27(30,31)32)38-25(33-21)12-22(35-38)26(39)34-24-9-16(3)37(36-24)13-18-6-7-19(29)10-20(18)28/h4-12H,13H2,1-3H3,(H,34,36,39). The second-order valence-corrected chi connectivity index (χ2v) is 9.55. The molecule has 7 nitrogen and oxygen atoms in total. The van der Waals surface area contributed by atoms with Gasteiger partial charge in [0, 0.05) is 28.4 Å². The second kappa shape index (κ2) is 9.81. The van der Waals surface area contributed by atoms with Crippen molar-refractivity contribution >= 4 is 29.0 Å². The van der Waals surface area contributed by atoms with Crippen LogP contribution in [0.5, 0.6) is 0 Å². The zero-order valence-electron chi connectivity index (χ0n) is 20.9. The summed E-state index contributed by atoms with van der Waals surface area (Å²) in [7, 11) is 0. The first-order valence-corrected chi connectivity index (χ1v) is 12.1. The predicted molar refractivity (Wildman–Crippen MR) is 138 cm³/mol. The number of carbonyl (C=O) groups is 1. The van der Waals surface area contributed by atoms with Gasteiger partial charge in [-0.15, -0.1) is 0 Å². The highest BCUT2D eigenvalue weighted by Gasteiger charge is 2.35. The number of halogens is 5. The average molecular weight is 557 g/mol. The molecule has 0 saturated heterocycles. The number of fused-ring (bicyclic) bond motifs is 1. The molecule has 200 valence electrons. The SMILES string of the molecule is Cc1ccc(-c2cc(C(F)(F)F)n3nc(C(=O)Nc4cc(C)n(Cc5ccc(F)cc5Cl)n4)cc3n2)cc1C.